The van der Waals surface area contributed by atoms with Crippen molar-refractivity contribution in [2.45, 2.75) is 20.0 Å². The highest BCUT2D eigenvalue weighted by atomic mass is 16.5. The zero-order chi connectivity index (χ0) is 6.57. The molecule has 0 bridgehead atoms. The molecule has 0 aliphatic heterocycles. The van der Waals surface area contributed by atoms with Gasteiger partial charge in [-0.1, -0.05) is 6.58 Å². The lowest BCUT2D eigenvalue weighted by Crippen LogP contribution is -2.09. The van der Waals surface area contributed by atoms with Gasteiger partial charge in [0.1, 0.15) is 5.76 Å². The van der Waals surface area contributed by atoms with Crippen LogP contribution >= 0.6 is 0 Å². The second-order valence-electron chi connectivity index (χ2n) is 1.91. The van der Waals surface area contributed by atoms with Crippen molar-refractivity contribution in [3.63, 3.8) is 0 Å². The van der Waals surface area contributed by atoms with Crippen molar-refractivity contribution in [1.29, 1.82) is 0 Å². The van der Waals surface area contributed by atoms with Gasteiger partial charge in [-0.2, -0.15) is 0 Å². The molecule has 0 spiro atoms. The first kappa shape index (κ1) is 7.50. The molecule has 0 rings (SSSR count). The summed E-state index contributed by atoms with van der Waals surface area (Å²) in [6, 6.07) is 0. The minimum absolute atomic E-state index is 0.200. The molecule has 2 N–H and O–H groups in total. The van der Waals surface area contributed by atoms with Crippen LogP contribution in [-0.4, -0.2) is 12.6 Å². The predicted octanol–water partition coefficient (Wildman–Crippen LogP) is 0.884. The fourth-order valence-electron chi connectivity index (χ4n) is 0.381. The van der Waals surface area contributed by atoms with E-state index in [1.165, 1.54) is 0 Å². The molecule has 0 aromatic carbocycles. The maximum absolute atomic E-state index is 5.20. The summed E-state index contributed by atoms with van der Waals surface area (Å²) in [7, 11) is 0. The number of ether oxygens (including phenoxy) is 1. The van der Waals surface area contributed by atoms with Gasteiger partial charge in [0.15, 0.2) is 0 Å². The first-order chi connectivity index (χ1) is 3.66. The SMILES string of the molecule is C=C(CN)OC(C)C. The van der Waals surface area contributed by atoms with Gasteiger partial charge in [0, 0.05) is 0 Å². The number of hydrogen-bond acceptors (Lipinski definition) is 2. The molecule has 0 atom stereocenters. The molecular formula is C6H13NO. The minimum Gasteiger partial charge on any atom is -0.495 e. The smallest absolute Gasteiger partial charge is 0.103 e. The van der Waals surface area contributed by atoms with E-state index >= 15 is 0 Å². The average molecular weight is 115 g/mol. The van der Waals surface area contributed by atoms with Crippen molar-refractivity contribution < 1.29 is 4.74 Å². The van der Waals surface area contributed by atoms with E-state index in [1.54, 1.807) is 0 Å². The second kappa shape index (κ2) is 3.50. The lowest BCUT2D eigenvalue weighted by atomic mass is 10.4. The Labute approximate surface area is 50.3 Å². The Bertz CT molecular complexity index is 78.6. The van der Waals surface area contributed by atoms with Crippen LogP contribution in [-0.2, 0) is 4.74 Å². The van der Waals surface area contributed by atoms with E-state index in [2.05, 4.69) is 6.58 Å². The minimum atomic E-state index is 0.200. The topological polar surface area (TPSA) is 35.2 Å². The lowest BCUT2D eigenvalue weighted by molar-refractivity contribution is 0.147. The van der Waals surface area contributed by atoms with Crippen LogP contribution in [0.15, 0.2) is 12.3 Å². The summed E-state index contributed by atoms with van der Waals surface area (Å²) < 4.78 is 5.08. The van der Waals surface area contributed by atoms with Gasteiger partial charge in [-0.25, -0.2) is 0 Å². The van der Waals surface area contributed by atoms with Crippen molar-refractivity contribution in [2.24, 2.45) is 5.73 Å². The van der Waals surface area contributed by atoms with Gasteiger partial charge in [0.05, 0.1) is 12.6 Å². The van der Waals surface area contributed by atoms with E-state index < -0.39 is 0 Å². The van der Waals surface area contributed by atoms with Crippen LogP contribution in [0.1, 0.15) is 13.8 Å². The summed E-state index contributed by atoms with van der Waals surface area (Å²) in [5.74, 6) is 0.653. The van der Waals surface area contributed by atoms with Crippen molar-refractivity contribution in [3.05, 3.63) is 12.3 Å². The summed E-state index contributed by atoms with van der Waals surface area (Å²) in [5.41, 5.74) is 5.20. The van der Waals surface area contributed by atoms with Gasteiger partial charge in [0.25, 0.3) is 0 Å². The molecule has 0 radical (unpaired) electrons. The third-order valence-electron chi connectivity index (χ3n) is 0.630. The van der Waals surface area contributed by atoms with Crippen LogP contribution in [0.2, 0.25) is 0 Å². The van der Waals surface area contributed by atoms with Gasteiger partial charge in [-0.15, -0.1) is 0 Å². The Morgan fingerprint density at radius 2 is 2.25 bits per heavy atom. The quantitative estimate of drug-likeness (QED) is 0.554. The molecule has 0 aromatic heterocycles. The van der Waals surface area contributed by atoms with Gasteiger partial charge < -0.3 is 10.5 Å². The Kier molecular flexibility index (Phi) is 3.28. The molecule has 0 fully saturated rings. The van der Waals surface area contributed by atoms with Crippen LogP contribution in [0.4, 0.5) is 0 Å². The number of rotatable bonds is 3. The Balaban J connectivity index is 3.25. The Morgan fingerprint density at radius 1 is 1.75 bits per heavy atom. The highest BCUT2D eigenvalue weighted by Crippen LogP contribution is 1.95. The van der Waals surface area contributed by atoms with E-state index in [4.69, 9.17) is 10.5 Å². The van der Waals surface area contributed by atoms with Gasteiger partial charge >= 0.3 is 0 Å². The van der Waals surface area contributed by atoms with E-state index in [0.717, 1.165) is 0 Å². The van der Waals surface area contributed by atoms with E-state index in [0.29, 0.717) is 12.3 Å². The molecule has 0 unspecified atom stereocenters. The molecular weight excluding hydrogens is 102 g/mol. The Hall–Kier alpha value is -0.500. The summed E-state index contributed by atoms with van der Waals surface area (Å²) >= 11 is 0. The van der Waals surface area contributed by atoms with Crippen molar-refractivity contribution in [3.8, 4) is 0 Å². The Morgan fingerprint density at radius 3 is 2.38 bits per heavy atom. The fraction of sp³-hybridized carbons (Fsp3) is 0.667. The van der Waals surface area contributed by atoms with Crippen molar-refractivity contribution in [2.75, 3.05) is 6.54 Å². The average Bonchev–Trinajstić information content (AvgIpc) is 1.65. The first-order valence-electron chi connectivity index (χ1n) is 2.71. The van der Waals surface area contributed by atoms with Gasteiger partial charge in [-0.3, -0.25) is 0 Å². The molecule has 0 saturated carbocycles. The summed E-state index contributed by atoms with van der Waals surface area (Å²) in [5, 5.41) is 0. The predicted molar refractivity (Wildman–Crippen MR) is 34.4 cm³/mol. The van der Waals surface area contributed by atoms with Crippen LogP contribution in [0.25, 0.3) is 0 Å². The van der Waals surface area contributed by atoms with Gasteiger partial charge in [-0.05, 0) is 13.8 Å². The van der Waals surface area contributed by atoms with Crippen LogP contribution < -0.4 is 5.73 Å². The first-order valence-corrected chi connectivity index (χ1v) is 2.71. The zero-order valence-electron chi connectivity index (χ0n) is 5.48. The van der Waals surface area contributed by atoms with Crippen LogP contribution in [0.3, 0.4) is 0 Å². The number of hydrogen-bond donors (Lipinski definition) is 1. The summed E-state index contributed by atoms with van der Waals surface area (Å²) in [6.07, 6.45) is 0.200. The summed E-state index contributed by atoms with van der Waals surface area (Å²) in [6.45, 7) is 7.87. The molecule has 2 heteroatoms. The van der Waals surface area contributed by atoms with Crippen LogP contribution in [0.5, 0.6) is 0 Å². The molecule has 0 aliphatic rings. The second-order valence-corrected chi connectivity index (χ2v) is 1.91. The molecule has 0 aromatic rings. The lowest BCUT2D eigenvalue weighted by Gasteiger charge is -2.09. The molecule has 0 aliphatic carbocycles. The third kappa shape index (κ3) is 3.68. The third-order valence-corrected chi connectivity index (χ3v) is 0.630. The van der Waals surface area contributed by atoms with E-state index in [1.807, 2.05) is 13.8 Å². The zero-order valence-corrected chi connectivity index (χ0v) is 5.48. The fourth-order valence-corrected chi connectivity index (χ4v) is 0.381. The standard InChI is InChI=1S/C6H13NO/c1-5(2)8-6(3)4-7/h5H,3-4,7H2,1-2H3. The molecule has 48 valence electrons. The van der Waals surface area contributed by atoms with E-state index in [-0.39, 0.29) is 6.10 Å². The van der Waals surface area contributed by atoms with Crippen molar-refractivity contribution in [1.82, 2.24) is 0 Å². The largest absolute Gasteiger partial charge is 0.495 e. The molecule has 0 saturated heterocycles. The molecule has 8 heavy (non-hydrogen) atoms. The maximum Gasteiger partial charge on any atom is 0.103 e. The van der Waals surface area contributed by atoms with Crippen molar-refractivity contribution >= 4 is 0 Å². The highest BCUT2D eigenvalue weighted by molar-refractivity contribution is 4.83. The maximum atomic E-state index is 5.20. The molecule has 2 nitrogen and oxygen atoms in total. The molecule has 0 heterocycles. The molecule has 0 amide bonds. The summed E-state index contributed by atoms with van der Waals surface area (Å²) in [4.78, 5) is 0. The van der Waals surface area contributed by atoms with E-state index in [9.17, 15) is 0 Å². The van der Waals surface area contributed by atoms with Crippen LogP contribution in [0, 0.1) is 0 Å². The highest BCUT2D eigenvalue weighted by Gasteiger charge is 1.92. The normalized spacial score (nSPS) is 9.50. The number of nitrogens with two attached hydrogens (primary N) is 1. The monoisotopic (exact) mass is 115 g/mol. The van der Waals surface area contributed by atoms with Gasteiger partial charge in [0.2, 0.25) is 0 Å².